The van der Waals surface area contributed by atoms with Crippen LogP contribution < -0.4 is 0 Å². The lowest BCUT2D eigenvalue weighted by Gasteiger charge is -2.32. The molecule has 0 atom stereocenters. The van der Waals surface area contributed by atoms with E-state index in [0.29, 0.717) is 41.1 Å². The number of carbonyl (C=O) groups is 1. The van der Waals surface area contributed by atoms with Gasteiger partial charge in [-0.15, -0.1) is 0 Å². The fourth-order valence-corrected chi connectivity index (χ4v) is 3.99. The van der Waals surface area contributed by atoms with E-state index in [4.69, 9.17) is 10.4 Å². The van der Waals surface area contributed by atoms with E-state index in [1.54, 1.807) is 45.9 Å². The Hall–Kier alpha value is -4.22. The van der Waals surface area contributed by atoms with Gasteiger partial charge in [0.05, 0.1) is 34.8 Å². The summed E-state index contributed by atoms with van der Waals surface area (Å²) < 4.78 is 1.73. The maximum absolute atomic E-state index is 12.9. The molecule has 0 aliphatic carbocycles. The monoisotopic (exact) mass is 438 g/mol. The number of aromatic nitrogens is 3. The van der Waals surface area contributed by atoms with Gasteiger partial charge in [-0.1, -0.05) is 18.2 Å². The van der Waals surface area contributed by atoms with Crippen molar-refractivity contribution in [2.45, 2.75) is 0 Å². The first kappa shape index (κ1) is 20.7. The summed E-state index contributed by atoms with van der Waals surface area (Å²) in [5, 5.41) is 24.4. The number of rotatable bonds is 3. The van der Waals surface area contributed by atoms with Crippen molar-refractivity contribution in [3.63, 3.8) is 0 Å². The summed E-state index contributed by atoms with van der Waals surface area (Å²) in [6.45, 7) is 2.93. The molecule has 33 heavy (non-hydrogen) atoms. The fraction of sp³-hybridized carbons (Fsp3) is 0.200. The van der Waals surface area contributed by atoms with Crippen LogP contribution in [0.1, 0.15) is 15.9 Å². The number of phenolic OH excluding ortho intramolecular Hbond substituents is 1. The van der Waals surface area contributed by atoms with Gasteiger partial charge in [-0.3, -0.25) is 4.79 Å². The first-order valence-electron chi connectivity index (χ1n) is 10.7. The Morgan fingerprint density at radius 2 is 1.73 bits per heavy atom. The Kier molecular flexibility index (Phi) is 5.24. The van der Waals surface area contributed by atoms with Gasteiger partial charge in [-0.25, -0.2) is 9.50 Å². The van der Waals surface area contributed by atoms with Crippen molar-refractivity contribution in [1.29, 1.82) is 5.26 Å². The number of carbonyl (C=O) groups excluding carboxylic acids is 1. The van der Waals surface area contributed by atoms with Crippen LogP contribution >= 0.6 is 0 Å². The lowest BCUT2D eigenvalue weighted by Crippen LogP contribution is -2.47. The molecule has 2 aromatic carbocycles. The summed E-state index contributed by atoms with van der Waals surface area (Å²) in [5.41, 5.74) is 4.59. The topological polar surface area (TPSA) is 97.8 Å². The zero-order valence-electron chi connectivity index (χ0n) is 18.1. The Labute approximate surface area is 190 Å². The summed E-state index contributed by atoms with van der Waals surface area (Å²) >= 11 is 0. The van der Waals surface area contributed by atoms with Gasteiger partial charge in [0, 0.05) is 37.3 Å². The highest BCUT2D eigenvalue weighted by atomic mass is 16.3. The number of amides is 1. The molecular formula is C25H22N6O2. The van der Waals surface area contributed by atoms with Gasteiger partial charge in [0.25, 0.3) is 5.91 Å². The second-order valence-electron chi connectivity index (χ2n) is 8.15. The van der Waals surface area contributed by atoms with E-state index in [-0.39, 0.29) is 11.7 Å². The van der Waals surface area contributed by atoms with Crippen LogP contribution in [0.25, 0.3) is 28.2 Å². The van der Waals surface area contributed by atoms with Crippen LogP contribution in [-0.2, 0) is 0 Å². The Bertz CT molecular complexity index is 1380. The van der Waals surface area contributed by atoms with Crippen molar-refractivity contribution in [1.82, 2.24) is 24.4 Å². The number of hydrogen-bond donors (Lipinski definition) is 1. The molecule has 0 saturated carbocycles. The van der Waals surface area contributed by atoms with E-state index in [0.717, 1.165) is 24.3 Å². The van der Waals surface area contributed by atoms with Gasteiger partial charge in [0.2, 0.25) is 0 Å². The van der Waals surface area contributed by atoms with Crippen molar-refractivity contribution in [2.24, 2.45) is 0 Å². The summed E-state index contributed by atoms with van der Waals surface area (Å²) in [6.07, 6.45) is 1.74. The van der Waals surface area contributed by atoms with Crippen molar-refractivity contribution in [3.8, 4) is 34.3 Å². The molecule has 1 aliphatic rings. The molecule has 164 valence electrons. The second kappa shape index (κ2) is 8.37. The largest absolute Gasteiger partial charge is 0.507 e. The molecule has 1 N–H and O–H groups in total. The fourth-order valence-electron chi connectivity index (χ4n) is 3.99. The molecule has 1 amide bonds. The standard InChI is InChI=1S/C25H22N6O2/c1-29-10-12-30(13-11-29)25(33)20-7-6-19(14-23(20)32)21-8-9-24-27-16-22(31(24)28-21)18-4-2-17(15-26)3-5-18/h2-9,14,16,32H,10-13H2,1H3. The number of benzene rings is 2. The number of likely N-dealkylation sites (N-methyl/N-ethyl adjacent to an activating group) is 1. The van der Waals surface area contributed by atoms with E-state index in [1.807, 2.05) is 31.3 Å². The third-order valence-electron chi connectivity index (χ3n) is 5.99. The quantitative estimate of drug-likeness (QED) is 0.528. The zero-order valence-corrected chi connectivity index (χ0v) is 18.1. The van der Waals surface area contributed by atoms with Crippen molar-refractivity contribution in [2.75, 3.05) is 33.2 Å². The smallest absolute Gasteiger partial charge is 0.257 e. The number of phenols is 1. The second-order valence-corrected chi connectivity index (χ2v) is 8.15. The molecule has 5 rings (SSSR count). The molecule has 0 spiro atoms. The minimum Gasteiger partial charge on any atom is -0.507 e. The molecule has 1 fully saturated rings. The average molecular weight is 438 g/mol. The first-order valence-corrected chi connectivity index (χ1v) is 10.7. The van der Waals surface area contributed by atoms with E-state index >= 15 is 0 Å². The molecule has 1 saturated heterocycles. The van der Waals surface area contributed by atoms with Crippen LogP contribution in [0.3, 0.4) is 0 Å². The third kappa shape index (κ3) is 3.90. The van der Waals surface area contributed by atoms with E-state index < -0.39 is 0 Å². The van der Waals surface area contributed by atoms with Crippen molar-refractivity contribution in [3.05, 3.63) is 71.9 Å². The van der Waals surface area contributed by atoms with Gasteiger partial charge in [0.1, 0.15) is 5.75 Å². The van der Waals surface area contributed by atoms with E-state index in [1.165, 1.54) is 0 Å². The lowest BCUT2D eigenvalue weighted by atomic mass is 10.1. The molecule has 2 aromatic heterocycles. The molecule has 8 nitrogen and oxygen atoms in total. The molecule has 0 radical (unpaired) electrons. The van der Waals surface area contributed by atoms with Crippen molar-refractivity contribution < 1.29 is 9.90 Å². The van der Waals surface area contributed by atoms with Crippen LogP contribution in [0.5, 0.6) is 5.75 Å². The Balaban J connectivity index is 1.46. The van der Waals surface area contributed by atoms with Gasteiger partial charge in [-0.2, -0.15) is 10.4 Å². The van der Waals surface area contributed by atoms with Gasteiger partial charge in [0.15, 0.2) is 5.65 Å². The molecule has 3 heterocycles. The first-order chi connectivity index (χ1) is 16.0. The summed E-state index contributed by atoms with van der Waals surface area (Å²) in [5.74, 6) is -0.218. The maximum atomic E-state index is 12.9. The van der Waals surface area contributed by atoms with Crippen LogP contribution in [0, 0.1) is 11.3 Å². The average Bonchev–Trinajstić information content (AvgIpc) is 3.27. The number of fused-ring (bicyclic) bond motifs is 1. The third-order valence-corrected chi connectivity index (χ3v) is 5.99. The molecule has 0 bridgehead atoms. The number of aromatic hydroxyl groups is 1. The van der Waals surface area contributed by atoms with Crippen LogP contribution in [-0.4, -0.2) is 68.6 Å². The normalized spacial score (nSPS) is 14.4. The predicted octanol–water partition coefficient (Wildman–Crippen LogP) is 3.03. The van der Waals surface area contributed by atoms with Crippen LogP contribution in [0.15, 0.2) is 60.8 Å². The van der Waals surface area contributed by atoms with Gasteiger partial charge >= 0.3 is 0 Å². The molecule has 1 aliphatic heterocycles. The van der Waals surface area contributed by atoms with Crippen LogP contribution in [0.2, 0.25) is 0 Å². The number of nitrogens with zero attached hydrogens (tertiary/aromatic N) is 6. The van der Waals surface area contributed by atoms with Crippen molar-refractivity contribution >= 4 is 11.6 Å². The Morgan fingerprint density at radius 1 is 1.00 bits per heavy atom. The number of hydrogen-bond acceptors (Lipinski definition) is 6. The minimum atomic E-state index is -0.159. The maximum Gasteiger partial charge on any atom is 0.257 e. The number of piperazine rings is 1. The van der Waals surface area contributed by atoms with Gasteiger partial charge in [-0.05, 0) is 43.4 Å². The van der Waals surface area contributed by atoms with E-state index in [2.05, 4.69) is 16.0 Å². The highest BCUT2D eigenvalue weighted by Gasteiger charge is 2.23. The molecule has 4 aromatic rings. The Morgan fingerprint density at radius 3 is 2.42 bits per heavy atom. The summed E-state index contributed by atoms with van der Waals surface area (Å²) in [6, 6.07) is 18.1. The minimum absolute atomic E-state index is 0.0590. The lowest BCUT2D eigenvalue weighted by molar-refractivity contribution is 0.0661. The van der Waals surface area contributed by atoms with Gasteiger partial charge < -0.3 is 14.9 Å². The highest BCUT2D eigenvalue weighted by molar-refractivity contribution is 5.97. The zero-order chi connectivity index (χ0) is 22.9. The van der Waals surface area contributed by atoms with E-state index in [9.17, 15) is 9.90 Å². The predicted molar refractivity (Wildman–Crippen MR) is 124 cm³/mol. The molecule has 8 heteroatoms. The molecule has 0 unspecified atom stereocenters. The number of imidazole rings is 1. The van der Waals surface area contributed by atoms with Crippen LogP contribution in [0.4, 0.5) is 0 Å². The SMILES string of the molecule is CN1CCN(C(=O)c2ccc(-c3ccc4ncc(-c5ccc(C#N)cc5)n4n3)cc2O)CC1. The summed E-state index contributed by atoms with van der Waals surface area (Å²) in [7, 11) is 2.03. The summed E-state index contributed by atoms with van der Waals surface area (Å²) in [4.78, 5) is 21.2. The number of nitriles is 1. The highest BCUT2D eigenvalue weighted by Crippen LogP contribution is 2.28. The molecular weight excluding hydrogens is 416 g/mol.